The summed E-state index contributed by atoms with van der Waals surface area (Å²) < 4.78 is 10.6. The third-order valence-electron chi connectivity index (χ3n) is 3.80. The van der Waals surface area contributed by atoms with Crippen LogP contribution in [0.25, 0.3) is 0 Å². The van der Waals surface area contributed by atoms with Crippen LogP contribution in [0.5, 0.6) is 0 Å². The van der Waals surface area contributed by atoms with Gasteiger partial charge in [-0.15, -0.1) is 0 Å². The van der Waals surface area contributed by atoms with Crippen LogP contribution < -0.4 is 0 Å². The summed E-state index contributed by atoms with van der Waals surface area (Å²) in [5.41, 5.74) is 2.57. The Labute approximate surface area is 124 Å². The Bertz CT molecular complexity index is 632. The molecular weight excluding hydrogens is 266 g/mol. The Morgan fingerprint density at radius 3 is 2.86 bits per heavy atom. The van der Waals surface area contributed by atoms with Crippen molar-refractivity contribution in [2.75, 3.05) is 13.7 Å². The van der Waals surface area contributed by atoms with Crippen LogP contribution >= 0.6 is 0 Å². The van der Waals surface area contributed by atoms with E-state index in [1.165, 1.54) is 11.1 Å². The van der Waals surface area contributed by atoms with Crippen molar-refractivity contribution in [2.24, 2.45) is 0 Å². The van der Waals surface area contributed by atoms with Gasteiger partial charge in [0.05, 0.1) is 0 Å². The van der Waals surface area contributed by atoms with E-state index in [0.29, 0.717) is 24.7 Å². The largest absolute Gasteiger partial charge is 0.453 e. The zero-order valence-electron chi connectivity index (χ0n) is 12.2. The van der Waals surface area contributed by atoms with Gasteiger partial charge >= 0.3 is 0 Å². The molecule has 4 nitrogen and oxygen atoms in total. The molecule has 1 aliphatic rings. The second-order valence-corrected chi connectivity index (χ2v) is 5.30. The van der Waals surface area contributed by atoms with E-state index in [2.05, 4.69) is 18.2 Å². The van der Waals surface area contributed by atoms with Gasteiger partial charge in [0, 0.05) is 20.2 Å². The minimum atomic E-state index is -0.0472. The van der Waals surface area contributed by atoms with E-state index in [1.807, 2.05) is 11.0 Å². The molecule has 1 aromatic carbocycles. The number of carbonyl (C=O) groups is 1. The summed E-state index contributed by atoms with van der Waals surface area (Å²) in [4.78, 5) is 14.4. The maximum atomic E-state index is 12.6. The number of amides is 1. The summed E-state index contributed by atoms with van der Waals surface area (Å²) in [6, 6.07) is 11.8. The van der Waals surface area contributed by atoms with Crippen molar-refractivity contribution in [3.63, 3.8) is 0 Å². The molecule has 2 heterocycles. The molecular formula is C17H19NO3. The number of methoxy groups -OCH3 is 1. The van der Waals surface area contributed by atoms with Crippen LogP contribution in [0.2, 0.25) is 0 Å². The van der Waals surface area contributed by atoms with E-state index in [4.69, 9.17) is 9.15 Å². The smallest absolute Gasteiger partial charge is 0.289 e. The van der Waals surface area contributed by atoms with Crippen LogP contribution in [0.15, 0.2) is 40.8 Å². The number of furan rings is 1. The van der Waals surface area contributed by atoms with Gasteiger partial charge in [0.1, 0.15) is 12.4 Å². The lowest BCUT2D eigenvalue weighted by atomic mass is 10.0. The standard InChI is InChI=1S/C17H19NO3/c1-20-12-15-8-9-16(21-15)17(19)18-10-4-7-13-5-2-3-6-14(13)11-18/h2-3,5-6,8-9H,4,7,10-12H2,1H3. The first kappa shape index (κ1) is 13.9. The van der Waals surface area contributed by atoms with Gasteiger partial charge in [0.15, 0.2) is 5.76 Å². The second kappa shape index (κ2) is 6.14. The topological polar surface area (TPSA) is 42.7 Å². The number of rotatable bonds is 3. The van der Waals surface area contributed by atoms with Crippen molar-refractivity contribution >= 4 is 5.91 Å². The molecule has 21 heavy (non-hydrogen) atoms. The molecule has 1 amide bonds. The maximum Gasteiger partial charge on any atom is 0.289 e. The lowest BCUT2D eigenvalue weighted by molar-refractivity contribution is 0.0706. The molecule has 110 valence electrons. The molecule has 1 aliphatic heterocycles. The SMILES string of the molecule is COCc1ccc(C(=O)N2CCCc3ccccc3C2)o1. The van der Waals surface area contributed by atoms with Gasteiger partial charge in [-0.05, 0) is 36.1 Å². The quantitative estimate of drug-likeness (QED) is 0.870. The molecule has 0 spiro atoms. The van der Waals surface area contributed by atoms with Crippen LogP contribution in [-0.2, 0) is 24.3 Å². The summed E-state index contributed by atoms with van der Waals surface area (Å²) in [5.74, 6) is 1.02. The average Bonchev–Trinajstić information content (AvgIpc) is 2.85. The molecule has 0 unspecified atom stereocenters. The van der Waals surface area contributed by atoms with Gasteiger partial charge in [-0.3, -0.25) is 4.79 Å². The predicted octanol–water partition coefficient (Wildman–Crippen LogP) is 3.01. The molecule has 2 aromatic rings. The van der Waals surface area contributed by atoms with Gasteiger partial charge in [-0.2, -0.15) is 0 Å². The summed E-state index contributed by atoms with van der Waals surface area (Å²) >= 11 is 0. The molecule has 1 aromatic heterocycles. The van der Waals surface area contributed by atoms with E-state index < -0.39 is 0 Å². The highest BCUT2D eigenvalue weighted by molar-refractivity contribution is 5.91. The number of hydrogen-bond acceptors (Lipinski definition) is 3. The van der Waals surface area contributed by atoms with Gasteiger partial charge in [0.2, 0.25) is 0 Å². The van der Waals surface area contributed by atoms with Crippen LogP contribution in [0.4, 0.5) is 0 Å². The Hall–Kier alpha value is -2.07. The molecule has 0 bridgehead atoms. The monoisotopic (exact) mass is 285 g/mol. The van der Waals surface area contributed by atoms with E-state index >= 15 is 0 Å². The zero-order chi connectivity index (χ0) is 14.7. The molecule has 0 atom stereocenters. The van der Waals surface area contributed by atoms with Crippen LogP contribution in [0.1, 0.15) is 33.9 Å². The molecule has 0 aliphatic carbocycles. The fourth-order valence-corrected chi connectivity index (χ4v) is 2.74. The zero-order valence-corrected chi connectivity index (χ0v) is 12.2. The maximum absolute atomic E-state index is 12.6. The number of ether oxygens (including phenoxy) is 1. The molecule has 0 radical (unpaired) electrons. The number of aryl methyl sites for hydroxylation is 1. The molecule has 0 saturated carbocycles. The number of fused-ring (bicyclic) bond motifs is 1. The van der Waals surface area contributed by atoms with Crippen molar-refractivity contribution < 1.29 is 13.9 Å². The van der Waals surface area contributed by atoms with Gasteiger partial charge < -0.3 is 14.1 Å². The lowest BCUT2D eigenvalue weighted by Gasteiger charge is -2.19. The summed E-state index contributed by atoms with van der Waals surface area (Å²) in [5, 5.41) is 0. The van der Waals surface area contributed by atoms with Crippen LogP contribution in [-0.4, -0.2) is 24.5 Å². The fraction of sp³-hybridized carbons (Fsp3) is 0.353. The predicted molar refractivity (Wildman–Crippen MR) is 78.9 cm³/mol. The van der Waals surface area contributed by atoms with Crippen LogP contribution in [0.3, 0.4) is 0 Å². The van der Waals surface area contributed by atoms with Crippen molar-refractivity contribution in [1.82, 2.24) is 4.90 Å². The third kappa shape index (κ3) is 3.00. The lowest BCUT2D eigenvalue weighted by Crippen LogP contribution is -2.30. The molecule has 0 fully saturated rings. The second-order valence-electron chi connectivity index (χ2n) is 5.30. The first-order valence-corrected chi connectivity index (χ1v) is 7.21. The van der Waals surface area contributed by atoms with E-state index in [9.17, 15) is 4.79 Å². The van der Waals surface area contributed by atoms with E-state index in [0.717, 1.165) is 19.4 Å². The van der Waals surface area contributed by atoms with Gasteiger partial charge in [-0.1, -0.05) is 24.3 Å². The summed E-state index contributed by atoms with van der Waals surface area (Å²) in [6.07, 6.45) is 2.00. The van der Waals surface area contributed by atoms with E-state index in [-0.39, 0.29) is 5.91 Å². The number of nitrogens with zero attached hydrogens (tertiary/aromatic N) is 1. The molecule has 0 saturated heterocycles. The van der Waals surface area contributed by atoms with Crippen molar-refractivity contribution in [3.8, 4) is 0 Å². The van der Waals surface area contributed by atoms with Gasteiger partial charge in [-0.25, -0.2) is 0 Å². The Morgan fingerprint density at radius 1 is 1.24 bits per heavy atom. The average molecular weight is 285 g/mol. The highest BCUT2D eigenvalue weighted by Gasteiger charge is 2.22. The van der Waals surface area contributed by atoms with Crippen molar-refractivity contribution in [3.05, 3.63) is 59.0 Å². The first-order chi connectivity index (χ1) is 10.3. The van der Waals surface area contributed by atoms with Crippen LogP contribution in [0, 0.1) is 0 Å². The Morgan fingerprint density at radius 2 is 2.05 bits per heavy atom. The molecule has 0 N–H and O–H groups in total. The minimum absolute atomic E-state index is 0.0472. The third-order valence-corrected chi connectivity index (χ3v) is 3.80. The van der Waals surface area contributed by atoms with Crippen molar-refractivity contribution in [2.45, 2.75) is 26.0 Å². The number of hydrogen-bond donors (Lipinski definition) is 0. The Kier molecular flexibility index (Phi) is 4.06. The molecule has 3 rings (SSSR count). The van der Waals surface area contributed by atoms with Gasteiger partial charge in [0.25, 0.3) is 5.91 Å². The Balaban J connectivity index is 1.78. The highest BCUT2D eigenvalue weighted by atomic mass is 16.5. The minimum Gasteiger partial charge on any atom is -0.453 e. The van der Waals surface area contributed by atoms with E-state index in [1.54, 1.807) is 19.2 Å². The molecule has 4 heteroatoms. The fourth-order valence-electron chi connectivity index (χ4n) is 2.74. The first-order valence-electron chi connectivity index (χ1n) is 7.21. The number of carbonyl (C=O) groups excluding carboxylic acids is 1. The summed E-state index contributed by atoms with van der Waals surface area (Å²) in [6.45, 7) is 1.79. The normalized spacial score (nSPS) is 14.6. The highest BCUT2D eigenvalue weighted by Crippen LogP contribution is 2.21. The summed E-state index contributed by atoms with van der Waals surface area (Å²) in [7, 11) is 1.61. The number of benzene rings is 1. The van der Waals surface area contributed by atoms with Crippen molar-refractivity contribution in [1.29, 1.82) is 0 Å².